The average molecular weight is 303 g/mol. The molecule has 0 fully saturated rings. The molecule has 0 radical (unpaired) electrons. The van der Waals surface area contributed by atoms with Crippen LogP contribution >= 0.6 is 0 Å². The summed E-state index contributed by atoms with van der Waals surface area (Å²) in [4.78, 5) is 3.87. The monoisotopic (exact) mass is 303 g/mol. The van der Waals surface area contributed by atoms with E-state index in [0.717, 1.165) is 4.31 Å². The highest BCUT2D eigenvalue weighted by Crippen LogP contribution is 2.25. The summed E-state index contributed by atoms with van der Waals surface area (Å²) in [6, 6.07) is 11.3. The number of anilines is 2. The van der Waals surface area contributed by atoms with E-state index in [1.165, 1.54) is 25.4 Å². The van der Waals surface area contributed by atoms with E-state index >= 15 is 0 Å². The molecule has 2 rings (SSSR count). The van der Waals surface area contributed by atoms with Crippen molar-refractivity contribution in [3.8, 4) is 6.07 Å². The highest BCUT2D eigenvalue weighted by molar-refractivity contribution is 7.92. The molecule has 0 spiro atoms. The Morgan fingerprint density at radius 2 is 2.10 bits per heavy atom. The fraction of sp³-hybridized carbons (Fsp3) is 0.0769. The number of nitriles is 1. The van der Waals surface area contributed by atoms with E-state index < -0.39 is 10.0 Å². The van der Waals surface area contributed by atoms with Crippen LogP contribution in [0.3, 0.4) is 0 Å². The Hall–Kier alpha value is -2.63. The van der Waals surface area contributed by atoms with E-state index in [9.17, 15) is 8.42 Å². The van der Waals surface area contributed by atoms with Crippen LogP contribution in [-0.4, -0.2) is 20.4 Å². The van der Waals surface area contributed by atoms with Gasteiger partial charge in [-0.1, -0.05) is 6.07 Å². The zero-order valence-electron chi connectivity index (χ0n) is 11.2. The number of nitrogens with zero attached hydrogens (tertiary/aromatic N) is 3. The molecule has 2 aromatic rings. The molecule has 0 unspecified atom stereocenters. The number of rotatable bonds is 4. The molecule has 0 aliphatic rings. The van der Waals surface area contributed by atoms with Gasteiger partial charge in [-0.15, -0.1) is 0 Å². The normalized spacial score (nSPS) is 10.7. The second kappa shape index (κ2) is 5.78. The van der Waals surface area contributed by atoms with E-state index in [-0.39, 0.29) is 10.7 Å². The van der Waals surface area contributed by atoms with Gasteiger partial charge in [0.1, 0.15) is 0 Å². The van der Waals surface area contributed by atoms with E-state index in [4.69, 9.17) is 11.1 Å². The first-order valence-electron chi connectivity index (χ1n) is 5.91. The zero-order chi connectivity index (χ0) is 15.5. The molecule has 1 aromatic carbocycles. The molecule has 0 aliphatic heterocycles. The molecular formula is C13H13N5O2S. The minimum Gasteiger partial charge on any atom is -0.321 e. The lowest BCUT2D eigenvalue weighted by molar-refractivity contribution is 0.591. The van der Waals surface area contributed by atoms with Crippen LogP contribution in [0.5, 0.6) is 0 Å². The van der Waals surface area contributed by atoms with Crippen molar-refractivity contribution in [1.29, 1.82) is 5.26 Å². The topological polar surface area (TPSA) is 112 Å². The first-order chi connectivity index (χ1) is 10.0. The van der Waals surface area contributed by atoms with Crippen LogP contribution in [0.2, 0.25) is 0 Å². The van der Waals surface area contributed by atoms with Crippen molar-refractivity contribution in [2.75, 3.05) is 16.8 Å². The maximum absolute atomic E-state index is 12.6. The third kappa shape index (κ3) is 2.79. The molecule has 3 N–H and O–H groups in total. The summed E-state index contributed by atoms with van der Waals surface area (Å²) < 4.78 is 26.2. The number of nitrogen functional groups attached to an aromatic ring is 1. The number of aromatic nitrogens is 1. The predicted octanol–water partition coefficient (Wildman–Crippen LogP) is 1.06. The van der Waals surface area contributed by atoms with Gasteiger partial charge in [0, 0.05) is 13.2 Å². The standard InChI is InChI=1S/C13H13N5O2S/c1-18(11-5-2-4-10(8-11)9-14)21(19,20)13-12(17-15)6-3-7-16-13/h2-8,17H,15H2,1H3. The Morgan fingerprint density at radius 3 is 2.76 bits per heavy atom. The fourth-order valence-corrected chi connectivity index (χ4v) is 3.00. The van der Waals surface area contributed by atoms with Crippen molar-refractivity contribution >= 4 is 21.4 Å². The van der Waals surface area contributed by atoms with Crippen LogP contribution in [0.4, 0.5) is 11.4 Å². The Morgan fingerprint density at radius 1 is 1.33 bits per heavy atom. The number of nitrogens with one attached hydrogen (secondary N) is 1. The van der Waals surface area contributed by atoms with Gasteiger partial charge in [-0.05, 0) is 30.3 Å². The van der Waals surface area contributed by atoms with Crippen molar-refractivity contribution in [3.63, 3.8) is 0 Å². The van der Waals surface area contributed by atoms with Gasteiger partial charge in [0.2, 0.25) is 5.03 Å². The second-order valence-corrected chi connectivity index (χ2v) is 6.02. The number of benzene rings is 1. The van der Waals surface area contributed by atoms with Crippen molar-refractivity contribution in [3.05, 3.63) is 48.2 Å². The second-order valence-electron chi connectivity index (χ2n) is 4.14. The molecule has 0 saturated carbocycles. The third-order valence-corrected chi connectivity index (χ3v) is 4.62. The third-order valence-electron chi connectivity index (χ3n) is 2.87. The smallest absolute Gasteiger partial charge is 0.283 e. The Bertz CT molecular complexity index is 798. The van der Waals surface area contributed by atoms with E-state index in [1.807, 2.05) is 6.07 Å². The molecule has 8 heteroatoms. The summed E-state index contributed by atoms with van der Waals surface area (Å²) in [7, 11) is -2.50. The maximum atomic E-state index is 12.6. The molecule has 1 heterocycles. The highest BCUT2D eigenvalue weighted by Gasteiger charge is 2.25. The zero-order valence-corrected chi connectivity index (χ0v) is 12.0. The number of pyridine rings is 1. The lowest BCUT2D eigenvalue weighted by atomic mass is 10.2. The van der Waals surface area contributed by atoms with Crippen molar-refractivity contribution in [2.24, 2.45) is 5.84 Å². The van der Waals surface area contributed by atoms with Crippen molar-refractivity contribution in [1.82, 2.24) is 4.98 Å². The van der Waals surface area contributed by atoms with Crippen LogP contribution in [0.15, 0.2) is 47.6 Å². The summed E-state index contributed by atoms with van der Waals surface area (Å²) in [5.41, 5.74) is 3.24. The van der Waals surface area contributed by atoms with Crippen LogP contribution in [0.25, 0.3) is 0 Å². The Labute approximate surface area is 122 Å². The molecule has 0 atom stereocenters. The molecule has 1 aromatic heterocycles. The average Bonchev–Trinajstić information content (AvgIpc) is 2.54. The Kier molecular flexibility index (Phi) is 4.07. The lowest BCUT2D eigenvalue weighted by Gasteiger charge is -2.20. The lowest BCUT2D eigenvalue weighted by Crippen LogP contribution is -2.28. The quantitative estimate of drug-likeness (QED) is 0.645. The van der Waals surface area contributed by atoms with Crippen LogP contribution < -0.4 is 15.6 Å². The number of hydrogen-bond acceptors (Lipinski definition) is 6. The number of hydrazine groups is 1. The SMILES string of the molecule is CN(c1cccc(C#N)c1)S(=O)(=O)c1ncccc1NN. The molecule has 21 heavy (non-hydrogen) atoms. The van der Waals surface area contributed by atoms with Crippen LogP contribution in [-0.2, 0) is 10.0 Å². The molecule has 0 saturated heterocycles. The van der Waals surface area contributed by atoms with Gasteiger partial charge >= 0.3 is 0 Å². The first-order valence-corrected chi connectivity index (χ1v) is 7.35. The van der Waals surface area contributed by atoms with Crippen molar-refractivity contribution < 1.29 is 8.42 Å². The minimum atomic E-state index is -3.89. The summed E-state index contributed by atoms with van der Waals surface area (Å²) in [5, 5.41) is 8.71. The summed E-state index contributed by atoms with van der Waals surface area (Å²) in [6.07, 6.45) is 1.37. The van der Waals surface area contributed by atoms with Gasteiger partial charge in [0.25, 0.3) is 10.0 Å². The van der Waals surface area contributed by atoms with Gasteiger partial charge in [-0.3, -0.25) is 10.1 Å². The van der Waals surface area contributed by atoms with E-state index in [0.29, 0.717) is 11.3 Å². The summed E-state index contributed by atoms with van der Waals surface area (Å²) in [5.74, 6) is 5.32. The molecule has 7 nitrogen and oxygen atoms in total. The fourth-order valence-electron chi connectivity index (χ4n) is 1.75. The van der Waals surface area contributed by atoms with E-state index in [2.05, 4.69) is 10.4 Å². The number of nitrogens with two attached hydrogens (primary N) is 1. The number of hydrogen-bond donors (Lipinski definition) is 2. The highest BCUT2D eigenvalue weighted by atomic mass is 32.2. The molecule has 0 amide bonds. The Balaban J connectivity index is 2.50. The van der Waals surface area contributed by atoms with Crippen LogP contribution in [0, 0.1) is 11.3 Å². The molecular weight excluding hydrogens is 290 g/mol. The van der Waals surface area contributed by atoms with Gasteiger partial charge in [-0.2, -0.15) is 13.7 Å². The molecule has 0 aliphatic carbocycles. The van der Waals surface area contributed by atoms with Gasteiger partial charge in [-0.25, -0.2) is 4.98 Å². The van der Waals surface area contributed by atoms with Gasteiger partial charge in [0.15, 0.2) is 0 Å². The predicted molar refractivity (Wildman–Crippen MR) is 78.8 cm³/mol. The minimum absolute atomic E-state index is 0.183. The summed E-state index contributed by atoms with van der Waals surface area (Å²) in [6.45, 7) is 0. The molecule has 0 bridgehead atoms. The van der Waals surface area contributed by atoms with Crippen LogP contribution in [0.1, 0.15) is 5.56 Å². The summed E-state index contributed by atoms with van der Waals surface area (Å²) >= 11 is 0. The maximum Gasteiger partial charge on any atom is 0.283 e. The number of sulfonamides is 1. The molecule has 108 valence electrons. The van der Waals surface area contributed by atoms with Gasteiger partial charge in [0.05, 0.1) is 23.0 Å². The van der Waals surface area contributed by atoms with Crippen molar-refractivity contribution in [2.45, 2.75) is 5.03 Å². The van der Waals surface area contributed by atoms with E-state index in [1.54, 1.807) is 24.3 Å². The van der Waals surface area contributed by atoms with Gasteiger partial charge < -0.3 is 5.43 Å². The first kappa shape index (κ1) is 14.8. The largest absolute Gasteiger partial charge is 0.321 e.